The summed E-state index contributed by atoms with van der Waals surface area (Å²) in [5, 5.41) is 16.2. The molecule has 3 rings (SSSR count). The zero-order valence-electron chi connectivity index (χ0n) is 13.7. The molecule has 0 aromatic carbocycles. The fourth-order valence-electron chi connectivity index (χ4n) is 3.77. The maximum atomic E-state index is 12.9. The van der Waals surface area contributed by atoms with Gasteiger partial charge in [0.1, 0.15) is 10.3 Å². The van der Waals surface area contributed by atoms with Gasteiger partial charge in [0.25, 0.3) is 0 Å². The molecule has 1 aromatic rings. The number of fused-ring (bicyclic) bond motifs is 1. The SMILES string of the molecule is CCN1C[C@]2(C(=O)O)CN(S(=O)(=O)c3c(C)n[nH]c3C)C[C@@H]2C1=O. The number of rotatable bonds is 4. The molecule has 2 N–H and O–H groups in total. The lowest BCUT2D eigenvalue weighted by atomic mass is 9.81. The van der Waals surface area contributed by atoms with Gasteiger partial charge >= 0.3 is 5.97 Å². The lowest BCUT2D eigenvalue weighted by molar-refractivity contribution is -0.149. The van der Waals surface area contributed by atoms with Gasteiger partial charge in [-0.3, -0.25) is 14.7 Å². The Hall–Kier alpha value is -1.94. The first-order chi connectivity index (χ1) is 11.1. The highest BCUT2D eigenvalue weighted by Crippen LogP contribution is 2.45. The number of likely N-dealkylation sites (tertiary alicyclic amines) is 1. The Morgan fingerprint density at radius 3 is 2.54 bits per heavy atom. The largest absolute Gasteiger partial charge is 0.481 e. The number of aromatic amines is 1. The fourth-order valence-corrected chi connectivity index (χ4v) is 5.62. The molecular weight excluding hydrogens is 336 g/mol. The maximum Gasteiger partial charge on any atom is 0.313 e. The van der Waals surface area contributed by atoms with E-state index in [1.165, 1.54) is 4.90 Å². The number of nitrogens with zero attached hydrogens (tertiary/aromatic N) is 3. The Morgan fingerprint density at radius 2 is 2.08 bits per heavy atom. The molecule has 9 nitrogen and oxygen atoms in total. The quantitative estimate of drug-likeness (QED) is 0.755. The van der Waals surface area contributed by atoms with E-state index in [2.05, 4.69) is 10.2 Å². The van der Waals surface area contributed by atoms with Crippen molar-refractivity contribution in [1.29, 1.82) is 0 Å². The molecule has 0 unspecified atom stereocenters. The normalized spacial score (nSPS) is 27.7. The van der Waals surface area contributed by atoms with Crippen molar-refractivity contribution in [2.24, 2.45) is 11.3 Å². The Labute approximate surface area is 139 Å². The molecule has 2 saturated heterocycles. The standard InChI is InChI=1S/C14H20N4O5S/c1-4-17-6-14(13(20)21)7-18(5-10(14)12(17)19)24(22,23)11-8(2)15-16-9(11)3/h10H,4-7H2,1-3H3,(H,15,16)(H,20,21)/t10-,14+/m1/s1. The molecule has 3 heterocycles. The Morgan fingerprint density at radius 1 is 1.42 bits per heavy atom. The van der Waals surface area contributed by atoms with E-state index in [1.54, 1.807) is 20.8 Å². The second kappa shape index (κ2) is 5.28. The first-order valence-corrected chi connectivity index (χ1v) is 9.13. The van der Waals surface area contributed by atoms with E-state index in [1.807, 2.05) is 0 Å². The van der Waals surface area contributed by atoms with Crippen LogP contribution in [0, 0.1) is 25.2 Å². The van der Waals surface area contributed by atoms with Crippen LogP contribution in [0.25, 0.3) is 0 Å². The minimum absolute atomic E-state index is 0.0394. The summed E-state index contributed by atoms with van der Waals surface area (Å²) in [6.45, 7) is 5.08. The van der Waals surface area contributed by atoms with Gasteiger partial charge in [-0.2, -0.15) is 9.40 Å². The number of aryl methyl sites for hydroxylation is 2. The molecule has 0 saturated carbocycles. The lowest BCUT2D eigenvalue weighted by Crippen LogP contribution is -2.42. The van der Waals surface area contributed by atoms with Gasteiger partial charge in [-0.05, 0) is 20.8 Å². The number of hydrogen-bond acceptors (Lipinski definition) is 5. The van der Waals surface area contributed by atoms with E-state index in [9.17, 15) is 23.1 Å². The third kappa shape index (κ3) is 2.09. The Kier molecular flexibility index (Phi) is 3.72. The highest BCUT2D eigenvalue weighted by atomic mass is 32.2. The topological polar surface area (TPSA) is 124 Å². The van der Waals surface area contributed by atoms with Crippen LogP contribution in [-0.2, 0) is 19.6 Å². The second-order valence-electron chi connectivity index (χ2n) is 6.43. The van der Waals surface area contributed by atoms with Gasteiger partial charge in [-0.15, -0.1) is 0 Å². The molecule has 1 amide bonds. The third-order valence-electron chi connectivity index (χ3n) is 5.06. The molecule has 2 fully saturated rings. The molecule has 1 aromatic heterocycles. The number of nitrogens with one attached hydrogen (secondary N) is 1. The summed E-state index contributed by atoms with van der Waals surface area (Å²) in [6.07, 6.45) is 0. The predicted octanol–water partition coefficient (Wildman–Crippen LogP) is -0.420. The van der Waals surface area contributed by atoms with Crippen molar-refractivity contribution in [3.05, 3.63) is 11.4 Å². The number of sulfonamides is 1. The summed E-state index contributed by atoms with van der Waals surface area (Å²) in [5.74, 6) is -2.27. The average molecular weight is 356 g/mol. The van der Waals surface area contributed by atoms with Gasteiger partial charge in [-0.25, -0.2) is 8.42 Å². The van der Waals surface area contributed by atoms with Gasteiger partial charge in [-0.1, -0.05) is 0 Å². The first-order valence-electron chi connectivity index (χ1n) is 7.69. The van der Waals surface area contributed by atoms with E-state index in [4.69, 9.17) is 0 Å². The van der Waals surface area contributed by atoms with Gasteiger partial charge in [0.15, 0.2) is 0 Å². The zero-order valence-corrected chi connectivity index (χ0v) is 14.6. The molecule has 132 valence electrons. The maximum absolute atomic E-state index is 12.9. The minimum Gasteiger partial charge on any atom is -0.481 e. The molecule has 2 aliphatic heterocycles. The molecular formula is C14H20N4O5S. The van der Waals surface area contributed by atoms with Gasteiger partial charge < -0.3 is 10.0 Å². The van der Waals surface area contributed by atoms with Crippen molar-refractivity contribution in [3.63, 3.8) is 0 Å². The molecule has 2 atom stereocenters. The number of aliphatic carboxylic acids is 1. The molecule has 24 heavy (non-hydrogen) atoms. The summed E-state index contributed by atoms with van der Waals surface area (Å²) in [7, 11) is -3.91. The zero-order chi connectivity index (χ0) is 17.9. The van der Waals surface area contributed by atoms with Crippen molar-refractivity contribution in [2.45, 2.75) is 25.7 Å². The lowest BCUT2D eigenvalue weighted by Gasteiger charge is -2.24. The molecule has 0 radical (unpaired) electrons. The molecule has 0 bridgehead atoms. The predicted molar refractivity (Wildman–Crippen MR) is 82.6 cm³/mol. The van der Waals surface area contributed by atoms with Crippen LogP contribution >= 0.6 is 0 Å². The van der Waals surface area contributed by atoms with E-state index in [-0.39, 0.29) is 30.4 Å². The van der Waals surface area contributed by atoms with Crippen LogP contribution in [0.1, 0.15) is 18.3 Å². The number of aromatic nitrogens is 2. The fraction of sp³-hybridized carbons (Fsp3) is 0.643. The van der Waals surface area contributed by atoms with Crippen molar-refractivity contribution < 1.29 is 23.1 Å². The first kappa shape index (κ1) is 16.9. The van der Waals surface area contributed by atoms with E-state index >= 15 is 0 Å². The summed E-state index contributed by atoms with van der Waals surface area (Å²) < 4.78 is 27.0. The third-order valence-corrected chi connectivity index (χ3v) is 7.14. The van der Waals surface area contributed by atoms with Crippen LogP contribution in [0.4, 0.5) is 0 Å². The average Bonchev–Trinajstić information content (AvgIpc) is 3.12. The van der Waals surface area contributed by atoms with Crippen molar-refractivity contribution in [1.82, 2.24) is 19.4 Å². The second-order valence-corrected chi connectivity index (χ2v) is 8.30. The van der Waals surface area contributed by atoms with E-state index in [0.29, 0.717) is 17.9 Å². The summed E-state index contributed by atoms with van der Waals surface area (Å²) in [4.78, 5) is 25.9. The summed E-state index contributed by atoms with van der Waals surface area (Å²) in [6, 6.07) is 0. The number of carbonyl (C=O) groups is 2. The number of H-pyrrole nitrogens is 1. The smallest absolute Gasteiger partial charge is 0.313 e. The van der Waals surface area contributed by atoms with Crippen molar-refractivity contribution in [3.8, 4) is 0 Å². The highest BCUT2D eigenvalue weighted by molar-refractivity contribution is 7.89. The van der Waals surface area contributed by atoms with Crippen LogP contribution in [0.15, 0.2) is 4.90 Å². The molecule has 0 aliphatic carbocycles. The van der Waals surface area contributed by atoms with Crippen molar-refractivity contribution in [2.75, 3.05) is 26.2 Å². The van der Waals surface area contributed by atoms with Crippen LogP contribution < -0.4 is 0 Å². The number of carbonyl (C=O) groups excluding carboxylic acids is 1. The van der Waals surface area contributed by atoms with Gasteiger partial charge in [0.2, 0.25) is 15.9 Å². The summed E-state index contributed by atoms with van der Waals surface area (Å²) >= 11 is 0. The monoisotopic (exact) mass is 356 g/mol. The van der Waals surface area contributed by atoms with E-state index in [0.717, 1.165) is 4.31 Å². The Bertz CT molecular complexity index is 798. The van der Waals surface area contributed by atoms with Gasteiger partial charge in [0.05, 0.1) is 17.3 Å². The van der Waals surface area contributed by atoms with Crippen LogP contribution in [0.2, 0.25) is 0 Å². The van der Waals surface area contributed by atoms with Gasteiger partial charge in [0, 0.05) is 26.2 Å². The highest BCUT2D eigenvalue weighted by Gasteiger charge is 2.63. The molecule has 0 spiro atoms. The molecule has 2 aliphatic rings. The Balaban J connectivity index is 2.01. The number of carboxylic acids is 1. The number of carboxylic acid groups (broad SMARTS) is 1. The summed E-state index contributed by atoms with van der Waals surface area (Å²) in [5.41, 5.74) is -0.656. The molecule has 10 heteroatoms. The van der Waals surface area contributed by atoms with Crippen molar-refractivity contribution >= 4 is 21.9 Å². The number of hydrogen-bond donors (Lipinski definition) is 2. The number of amides is 1. The van der Waals surface area contributed by atoms with Crippen LogP contribution in [-0.4, -0.2) is 71.0 Å². The van der Waals surface area contributed by atoms with Crippen LogP contribution in [0.3, 0.4) is 0 Å². The van der Waals surface area contributed by atoms with E-state index < -0.39 is 27.3 Å². The minimum atomic E-state index is -3.91. The van der Waals surface area contributed by atoms with Crippen LogP contribution in [0.5, 0.6) is 0 Å².